The number of carbonyl (C=O) groups is 3. The molecule has 0 N–H and O–H groups in total. The molecule has 0 spiro atoms. The van der Waals surface area contributed by atoms with E-state index in [1.807, 2.05) is 0 Å². The number of hydrogen-bond donors (Lipinski definition) is 0. The van der Waals surface area contributed by atoms with Crippen molar-refractivity contribution in [2.75, 3.05) is 13.2 Å². The van der Waals surface area contributed by atoms with Gasteiger partial charge in [0.1, 0.15) is 13.2 Å². The van der Waals surface area contributed by atoms with Crippen molar-refractivity contribution in [3.05, 3.63) is 72.9 Å². The molecule has 0 rings (SSSR count). The van der Waals surface area contributed by atoms with Crippen molar-refractivity contribution in [1.82, 2.24) is 0 Å². The van der Waals surface area contributed by atoms with E-state index in [4.69, 9.17) is 14.2 Å². The van der Waals surface area contributed by atoms with Gasteiger partial charge in [0.15, 0.2) is 6.10 Å². The quantitative estimate of drug-likeness (QED) is 0.0261. The molecule has 0 aliphatic heterocycles. The zero-order chi connectivity index (χ0) is 58.5. The van der Waals surface area contributed by atoms with Gasteiger partial charge >= 0.3 is 17.9 Å². The summed E-state index contributed by atoms with van der Waals surface area (Å²) in [4.78, 5) is 38.5. The maximum atomic E-state index is 13.0. The second kappa shape index (κ2) is 69.3. The van der Waals surface area contributed by atoms with E-state index >= 15 is 0 Å². The van der Waals surface area contributed by atoms with E-state index in [-0.39, 0.29) is 31.1 Å². The van der Waals surface area contributed by atoms with Crippen molar-refractivity contribution >= 4 is 17.9 Å². The van der Waals surface area contributed by atoms with E-state index in [1.54, 1.807) is 0 Å². The van der Waals surface area contributed by atoms with E-state index in [1.165, 1.54) is 218 Å². The first-order chi connectivity index (χ1) is 40.0. The maximum absolute atomic E-state index is 13.0. The number of rotatable bonds is 65. The zero-order valence-electron chi connectivity index (χ0n) is 54.1. The summed E-state index contributed by atoms with van der Waals surface area (Å²) < 4.78 is 17.0. The van der Waals surface area contributed by atoms with Gasteiger partial charge in [-0.25, -0.2) is 0 Å². The van der Waals surface area contributed by atoms with E-state index in [2.05, 4.69) is 93.7 Å². The van der Waals surface area contributed by atoms with Crippen molar-refractivity contribution in [1.29, 1.82) is 0 Å². The number of allylic oxidation sites excluding steroid dienone is 12. The molecule has 0 radical (unpaired) electrons. The molecule has 0 aromatic rings. The topological polar surface area (TPSA) is 78.9 Å². The molecule has 81 heavy (non-hydrogen) atoms. The predicted molar refractivity (Wildman–Crippen MR) is 353 cm³/mol. The first-order valence-electron chi connectivity index (χ1n) is 35.4. The monoisotopic (exact) mass is 1130 g/mol. The van der Waals surface area contributed by atoms with Gasteiger partial charge in [-0.3, -0.25) is 14.4 Å². The van der Waals surface area contributed by atoms with Crippen LogP contribution >= 0.6 is 0 Å². The first-order valence-corrected chi connectivity index (χ1v) is 35.4. The van der Waals surface area contributed by atoms with Crippen LogP contribution in [0.25, 0.3) is 0 Å². The standard InChI is InChI=1S/C75H134O6/c1-4-7-10-13-16-19-22-25-28-31-34-36-38-40-41-44-47-50-53-56-59-62-65-68-74(77)80-71-72(70-79-73(76)67-64-61-58-55-52-49-46-43-33-30-27-24-21-18-15-12-9-6-3)81-75(78)69-66-63-60-57-54-51-48-45-42-39-37-35-32-29-26-23-20-17-14-11-8-5-2/h7,10,16,19,25,28,34,36,40-41,47,50,72H,4-6,8-9,11-15,17-18,20-24,26-27,29-33,35,37-39,42-46,48-49,51-71H2,1-3H3/b10-7-,19-16-,28-25-,36-34-,41-40-,50-47-. The Bertz CT molecular complexity index is 1490. The fourth-order valence-corrected chi connectivity index (χ4v) is 10.5. The number of ether oxygens (including phenoxy) is 3. The van der Waals surface area contributed by atoms with Crippen LogP contribution in [-0.2, 0) is 28.6 Å². The molecule has 0 saturated heterocycles. The zero-order valence-corrected chi connectivity index (χ0v) is 54.1. The highest BCUT2D eigenvalue weighted by atomic mass is 16.6. The van der Waals surface area contributed by atoms with Gasteiger partial charge in [-0.2, -0.15) is 0 Å². The smallest absolute Gasteiger partial charge is 0.306 e. The average molecular weight is 1130 g/mol. The minimum absolute atomic E-state index is 0.0785. The Morgan fingerprint density at radius 3 is 0.753 bits per heavy atom. The summed E-state index contributed by atoms with van der Waals surface area (Å²) >= 11 is 0. The fraction of sp³-hybridized carbons (Fsp3) is 0.800. The minimum atomic E-state index is -0.785. The number of hydrogen-bond acceptors (Lipinski definition) is 6. The largest absolute Gasteiger partial charge is 0.462 e. The van der Waals surface area contributed by atoms with Crippen LogP contribution in [0, 0.1) is 0 Å². The third-order valence-corrected chi connectivity index (χ3v) is 15.7. The lowest BCUT2D eigenvalue weighted by atomic mass is 10.0. The highest BCUT2D eigenvalue weighted by Gasteiger charge is 2.19. The van der Waals surface area contributed by atoms with E-state index in [0.717, 1.165) is 109 Å². The normalized spacial score (nSPS) is 12.5. The minimum Gasteiger partial charge on any atom is -0.462 e. The third kappa shape index (κ3) is 67.5. The molecule has 0 saturated carbocycles. The van der Waals surface area contributed by atoms with Crippen LogP contribution in [0.2, 0.25) is 0 Å². The molecule has 1 unspecified atom stereocenters. The van der Waals surface area contributed by atoms with Crippen molar-refractivity contribution in [3.8, 4) is 0 Å². The van der Waals surface area contributed by atoms with Gasteiger partial charge < -0.3 is 14.2 Å². The fourth-order valence-electron chi connectivity index (χ4n) is 10.5. The lowest BCUT2D eigenvalue weighted by Crippen LogP contribution is -2.30. The van der Waals surface area contributed by atoms with Gasteiger partial charge in [-0.1, -0.05) is 351 Å². The Labute approximate surface area is 503 Å². The van der Waals surface area contributed by atoms with E-state index in [0.29, 0.717) is 19.3 Å². The summed E-state index contributed by atoms with van der Waals surface area (Å²) in [6.45, 7) is 6.58. The summed E-state index contributed by atoms with van der Waals surface area (Å²) in [7, 11) is 0. The van der Waals surface area contributed by atoms with Gasteiger partial charge in [0, 0.05) is 19.3 Å². The van der Waals surface area contributed by atoms with Crippen molar-refractivity contribution in [2.45, 2.75) is 374 Å². The number of unbranched alkanes of at least 4 members (excludes halogenated alkanes) is 42. The molecule has 0 aliphatic carbocycles. The van der Waals surface area contributed by atoms with Crippen molar-refractivity contribution in [2.24, 2.45) is 0 Å². The molecule has 0 aromatic heterocycles. The highest BCUT2D eigenvalue weighted by molar-refractivity contribution is 5.71. The van der Waals surface area contributed by atoms with Crippen LogP contribution < -0.4 is 0 Å². The molecule has 6 nitrogen and oxygen atoms in total. The number of carbonyl (C=O) groups excluding carboxylic acids is 3. The Kier molecular flexibility index (Phi) is 66.6. The molecule has 1 atom stereocenters. The second-order valence-electron chi connectivity index (χ2n) is 23.8. The van der Waals surface area contributed by atoms with E-state index < -0.39 is 6.10 Å². The Balaban J connectivity index is 4.38. The lowest BCUT2D eigenvalue weighted by Gasteiger charge is -2.18. The molecule has 6 heteroatoms. The molecular weight excluding hydrogens is 997 g/mol. The predicted octanol–water partition coefficient (Wildman–Crippen LogP) is 24.4. The molecule has 0 bridgehead atoms. The SMILES string of the molecule is CC/C=C\C/C=C\C/C=C\C/C=C\C/C=C\C/C=C\CCCCCCC(=O)OCC(COC(=O)CCCCCCCCCCCCCCCCCCCC)OC(=O)CCCCCCCCCCCCCCCCCCCCCCCC. The lowest BCUT2D eigenvalue weighted by molar-refractivity contribution is -0.167. The Hall–Kier alpha value is -3.15. The van der Waals surface area contributed by atoms with Gasteiger partial charge in [0.05, 0.1) is 0 Å². The summed E-state index contributed by atoms with van der Waals surface area (Å²) in [5.74, 6) is -0.879. The van der Waals surface area contributed by atoms with Crippen LogP contribution in [0.1, 0.15) is 367 Å². The van der Waals surface area contributed by atoms with Gasteiger partial charge in [0.25, 0.3) is 0 Å². The van der Waals surface area contributed by atoms with Crippen LogP contribution in [0.4, 0.5) is 0 Å². The highest BCUT2D eigenvalue weighted by Crippen LogP contribution is 2.18. The summed E-state index contributed by atoms with van der Waals surface area (Å²) in [6, 6.07) is 0. The van der Waals surface area contributed by atoms with Crippen LogP contribution in [0.15, 0.2) is 72.9 Å². The van der Waals surface area contributed by atoms with Crippen molar-refractivity contribution in [3.63, 3.8) is 0 Å². The summed E-state index contributed by atoms with van der Waals surface area (Å²) in [5.41, 5.74) is 0. The molecule has 0 heterocycles. The number of esters is 3. The third-order valence-electron chi connectivity index (χ3n) is 15.7. The molecular formula is C75H134O6. The Morgan fingerprint density at radius 1 is 0.259 bits per heavy atom. The van der Waals surface area contributed by atoms with Crippen LogP contribution in [0.3, 0.4) is 0 Å². The van der Waals surface area contributed by atoms with Crippen LogP contribution in [-0.4, -0.2) is 37.2 Å². The van der Waals surface area contributed by atoms with Gasteiger partial charge in [-0.05, 0) is 70.6 Å². The molecule has 0 amide bonds. The van der Waals surface area contributed by atoms with Gasteiger partial charge in [0.2, 0.25) is 0 Å². The Morgan fingerprint density at radius 2 is 0.481 bits per heavy atom. The van der Waals surface area contributed by atoms with Gasteiger partial charge in [-0.15, -0.1) is 0 Å². The average Bonchev–Trinajstić information content (AvgIpc) is 3.47. The van der Waals surface area contributed by atoms with Crippen molar-refractivity contribution < 1.29 is 28.6 Å². The maximum Gasteiger partial charge on any atom is 0.306 e. The molecule has 470 valence electrons. The molecule has 0 fully saturated rings. The molecule has 0 aliphatic rings. The summed E-state index contributed by atoms with van der Waals surface area (Å²) in [6.07, 6.45) is 90.6. The van der Waals surface area contributed by atoms with Crippen LogP contribution in [0.5, 0.6) is 0 Å². The second-order valence-corrected chi connectivity index (χ2v) is 23.8. The molecule has 0 aromatic carbocycles. The van der Waals surface area contributed by atoms with E-state index in [9.17, 15) is 14.4 Å². The summed E-state index contributed by atoms with van der Waals surface area (Å²) in [5, 5.41) is 0. The first kappa shape index (κ1) is 77.9.